The molecule has 0 spiro atoms. The van der Waals surface area contributed by atoms with Gasteiger partial charge < -0.3 is 24.4 Å². The van der Waals surface area contributed by atoms with Crippen molar-refractivity contribution >= 4 is 21.6 Å². The van der Waals surface area contributed by atoms with E-state index in [2.05, 4.69) is 4.72 Å². The largest absolute Gasteiger partial charge is 0.497 e. The molecule has 1 aliphatic heterocycles. The number of rotatable bonds is 8. The van der Waals surface area contributed by atoms with Crippen LogP contribution in [0.4, 0.5) is 5.69 Å². The molecule has 186 valence electrons. The Balaban J connectivity index is 2.07. The molecule has 0 aromatic heterocycles. The quantitative estimate of drug-likeness (QED) is 0.583. The second kappa shape index (κ2) is 10.6. The molecule has 34 heavy (non-hydrogen) atoms. The van der Waals surface area contributed by atoms with E-state index in [1.165, 1.54) is 19.2 Å². The Kier molecular flexibility index (Phi) is 8.06. The maximum absolute atomic E-state index is 13.5. The third kappa shape index (κ3) is 5.63. The standard InChI is InChI=1S/C24H33N3O6S/c1-16-13-27(17(2)15-28)24(29)20-7-6-8-21(23(20)33-22(16)14-26(3)4)25-34(30,31)19-11-9-18(32-5)10-12-19/h6-12,16-17,22,25,28H,13-15H2,1-5H3/t16-,17+,22-/m0/s1. The predicted molar refractivity (Wildman–Crippen MR) is 130 cm³/mol. The van der Waals surface area contributed by atoms with E-state index in [1.807, 2.05) is 25.9 Å². The van der Waals surface area contributed by atoms with Crippen molar-refractivity contribution in [2.45, 2.75) is 30.9 Å². The van der Waals surface area contributed by atoms with Crippen LogP contribution in [-0.4, -0.2) is 82.3 Å². The molecule has 1 amide bonds. The number of amides is 1. The molecule has 0 aliphatic carbocycles. The van der Waals surface area contributed by atoms with Crippen LogP contribution in [0.25, 0.3) is 0 Å². The van der Waals surface area contributed by atoms with E-state index in [1.54, 1.807) is 42.2 Å². The zero-order chi connectivity index (χ0) is 25.0. The van der Waals surface area contributed by atoms with Crippen LogP contribution in [0.2, 0.25) is 0 Å². The number of sulfonamides is 1. The van der Waals surface area contributed by atoms with Crippen molar-refractivity contribution in [2.24, 2.45) is 5.92 Å². The van der Waals surface area contributed by atoms with E-state index in [-0.39, 0.29) is 46.4 Å². The molecule has 2 aromatic rings. The number of hydrogen-bond acceptors (Lipinski definition) is 7. The Labute approximate surface area is 201 Å². The number of aliphatic hydroxyl groups is 1. The fourth-order valence-corrected chi connectivity index (χ4v) is 4.92. The van der Waals surface area contributed by atoms with Gasteiger partial charge in [-0.25, -0.2) is 8.42 Å². The van der Waals surface area contributed by atoms with Gasteiger partial charge in [0, 0.05) is 19.0 Å². The third-order valence-corrected chi connectivity index (χ3v) is 7.23. The van der Waals surface area contributed by atoms with Gasteiger partial charge in [-0.15, -0.1) is 0 Å². The first kappa shape index (κ1) is 25.8. The molecule has 0 unspecified atom stereocenters. The highest BCUT2D eigenvalue weighted by molar-refractivity contribution is 7.92. The molecule has 0 saturated heterocycles. The Bertz CT molecular complexity index is 1100. The number of carbonyl (C=O) groups is 1. The van der Waals surface area contributed by atoms with Gasteiger partial charge in [-0.3, -0.25) is 9.52 Å². The van der Waals surface area contributed by atoms with E-state index in [0.717, 1.165) is 0 Å². The van der Waals surface area contributed by atoms with E-state index in [9.17, 15) is 18.3 Å². The molecule has 9 nitrogen and oxygen atoms in total. The number of benzene rings is 2. The Morgan fingerprint density at radius 1 is 1.24 bits per heavy atom. The van der Waals surface area contributed by atoms with E-state index >= 15 is 0 Å². The highest BCUT2D eigenvalue weighted by atomic mass is 32.2. The minimum atomic E-state index is -3.96. The van der Waals surface area contributed by atoms with Gasteiger partial charge in [-0.2, -0.15) is 0 Å². The summed E-state index contributed by atoms with van der Waals surface area (Å²) in [6.45, 7) is 4.55. The lowest BCUT2D eigenvalue weighted by atomic mass is 9.99. The molecule has 3 atom stereocenters. The van der Waals surface area contributed by atoms with E-state index in [4.69, 9.17) is 9.47 Å². The normalized spacial score (nSPS) is 19.6. The predicted octanol–water partition coefficient (Wildman–Crippen LogP) is 2.28. The molecule has 2 aromatic carbocycles. The van der Waals surface area contributed by atoms with Gasteiger partial charge in [0.25, 0.3) is 15.9 Å². The molecule has 2 N–H and O–H groups in total. The van der Waals surface area contributed by atoms with E-state index in [0.29, 0.717) is 18.8 Å². The van der Waals surface area contributed by atoms with Crippen molar-refractivity contribution in [1.82, 2.24) is 9.80 Å². The van der Waals surface area contributed by atoms with Crippen molar-refractivity contribution < 1.29 is 27.8 Å². The Morgan fingerprint density at radius 2 is 1.91 bits per heavy atom. The first-order valence-corrected chi connectivity index (χ1v) is 12.6. The molecule has 10 heteroatoms. The number of nitrogens with one attached hydrogen (secondary N) is 1. The molecule has 1 heterocycles. The van der Waals surface area contributed by atoms with Gasteiger partial charge in [0.05, 0.1) is 35.9 Å². The molecule has 1 aliphatic rings. The molecule has 3 rings (SSSR count). The summed E-state index contributed by atoms with van der Waals surface area (Å²) in [7, 11) is 1.39. The lowest BCUT2D eigenvalue weighted by Gasteiger charge is -2.38. The Hall–Kier alpha value is -2.82. The average molecular weight is 492 g/mol. The number of ether oxygens (including phenoxy) is 2. The fraction of sp³-hybridized carbons (Fsp3) is 0.458. The minimum Gasteiger partial charge on any atom is -0.497 e. The first-order valence-electron chi connectivity index (χ1n) is 11.1. The van der Waals surface area contributed by atoms with E-state index < -0.39 is 16.1 Å². The zero-order valence-corrected chi connectivity index (χ0v) is 21.0. The van der Waals surface area contributed by atoms with Gasteiger partial charge in [-0.1, -0.05) is 13.0 Å². The summed E-state index contributed by atoms with van der Waals surface area (Å²) >= 11 is 0. The second-order valence-corrected chi connectivity index (χ2v) is 10.5. The Morgan fingerprint density at radius 3 is 2.50 bits per heavy atom. The summed E-state index contributed by atoms with van der Waals surface area (Å²) in [6, 6.07) is 10.4. The van der Waals surface area contributed by atoms with Crippen molar-refractivity contribution in [1.29, 1.82) is 0 Å². The zero-order valence-electron chi connectivity index (χ0n) is 20.2. The summed E-state index contributed by atoms with van der Waals surface area (Å²) in [6.07, 6.45) is -0.318. The summed E-state index contributed by atoms with van der Waals surface area (Å²) < 4.78 is 40.3. The molecular formula is C24H33N3O6S. The SMILES string of the molecule is COc1ccc(S(=O)(=O)Nc2cccc3c2O[C@@H](CN(C)C)[C@@H](C)CN([C@H](C)CO)C3=O)cc1. The van der Waals surface area contributed by atoms with Crippen LogP contribution < -0.4 is 14.2 Å². The number of carbonyl (C=O) groups excluding carboxylic acids is 1. The van der Waals surface area contributed by atoms with Crippen LogP contribution in [0.5, 0.6) is 11.5 Å². The number of likely N-dealkylation sites (N-methyl/N-ethyl adjacent to an activating group) is 1. The van der Waals surface area contributed by atoms with Gasteiger partial charge in [0.15, 0.2) is 5.75 Å². The number of hydrogen-bond donors (Lipinski definition) is 2. The number of methoxy groups -OCH3 is 1. The molecule has 0 radical (unpaired) electrons. The monoisotopic (exact) mass is 491 g/mol. The van der Waals surface area contributed by atoms with Crippen LogP contribution in [0.3, 0.4) is 0 Å². The lowest BCUT2D eigenvalue weighted by Crippen LogP contribution is -2.49. The van der Waals surface area contributed by atoms with Crippen molar-refractivity contribution in [2.75, 3.05) is 45.6 Å². The third-order valence-electron chi connectivity index (χ3n) is 5.85. The van der Waals surface area contributed by atoms with Crippen molar-refractivity contribution in [3.8, 4) is 11.5 Å². The maximum atomic E-state index is 13.5. The number of anilines is 1. The topological polar surface area (TPSA) is 108 Å². The van der Waals surface area contributed by atoms with Crippen LogP contribution in [0.15, 0.2) is 47.4 Å². The first-order chi connectivity index (χ1) is 16.1. The van der Waals surface area contributed by atoms with Crippen LogP contribution in [-0.2, 0) is 10.0 Å². The van der Waals surface area contributed by atoms with Gasteiger partial charge in [0.1, 0.15) is 11.9 Å². The van der Waals surface area contributed by atoms with Gasteiger partial charge >= 0.3 is 0 Å². The van der Waals surface area contributed by atoms with Crippen molar-refractivity contribution in [3.63, 3.8) is 0 Å². The van der Waals surface area contributed by atoms with Crippen LogP contribution in [0, 0.1) is 5.92 Å². The maximum Gasteiger partial charge on any atom is 0.262 e. The number of nitrogens with zero attached hydrogens (tertiary/aromatic N) is 2. The van der Waals surface area contributed by atoms with Gasteiger partial charge in [0.2, 0.25) is 0 Å². The van der Waals surface area contributed by atoms with Gasteiger partial charge in [-0.05, 0) is 57.4 Å². The molecule has 0 fully saturated rings. The van der Waals surface area contributed by atoms with Crippen LogP contribution in [0.1, 0.15) is 24.2 Å². The summed E-state index contributed by atoms with van der Waals surface area (Å²) in [5.74, 6) is 0.325. The fourth-order valence-electron chi connectivity index (χ4n) is 3.86. The summed E-state index contributed by atoms with van der Waals surface area (Å²) in [4.78, 5) is 17.1. The number of para-hydroxylation sites is 1. The second-order valence-electron chi connectivity index (χ2n) is 8.85. The number of fused-ring (bicyclic) bond motifs is 1. The minimum absolute atomic E-state index is 0.0526. The molecular weight excluding hydrogens is 458 g/mol. The van der Waals surface area contributed by atoms with Crippen molar-refractivity contribution in [3.05, 3.63) is 48.0 Å². The smallest absolute Gasteiger partial charge is 0.262 e. The lowest BCUT2D eigenvalue weighted by molar-refractivity contribution is 0.0366. The average Bonchev–Trinajstić information content (AvgIpc) is 2.80. The highest BCUT2D eigenvalue weighted by Gasteiger charge is 2.34. The van der Waals surface area contributed by atoms with Crippen LogP contribution >= 0.6 is 0 Å². The number of aliphatic hydroxyl groups excluding tert-OH is 1. The molecule has 0 saturated carbocycles. The highest BCUT2D eigenvalue weighted by Crippen LogP contribution is 2.36. The summed E-state index contributed by atoms with van der Waals surface area (Å²) in [5.41, 5.74) is 0.419. The molecule has 0 bridgehead atoms. The summed E-state index contributed by atoms with van der Waals surface area (Å²) in [5, 5.41) is 9.75.